The molecule has 0 saturated carbocycles. The van der Waals surface area contributed by atoms with Crippen LogP contribution < -0.4 is 5.32 Å². The molecule has 160 valence electrons. The molecule has 1 aliphatic rings. The second kappa shape index (κ2) is 9.25. The molecule has 3 aromatic rings. The average Bonchev–Trinajstić information content (AvgIpc) is 3.52. The smallest absolute Gasteiger partial charge is 0.293 e. The number of hydrogen-bond acceptors (Lipinski definition) is 6. The van der Waals surface area contributed by atoms with Crippen molar-refractivity contribution in [1.82, 2.24) is 14.8 Å². The molecule has 0 aromatic carbocycles. The van der Waals surface area contributed by atoms with Crippen LogP contribution in [0.1, 0.15) is 31.5 Å². The molecule has 1 N–H and O–H groups in total. The molecule has 31 heavy (non-hydrogen) atoms. The van der Waals surface area contributed by atoms with Gasteiger partial charge >= 0.3 is 0 Å². The normalized spacial score (nSPS) is 15.3. The van der Waals surface area contributed by atoms with Gasteiger partial charge in [-0.25, -0.2) is 0 Å². The molecule has 9 heteroatoms. The number of hydrogen-bond donors (Lipinski definition) is 1. The first-order valence-electron chi connectivity index (χ1n) is 9.70. The van der Waals surface area contributed by atoms with Crippen molar-refractivity contribution in [2.45, 2.75) is 20.4 Å². The van der Waals surface area contributed by atoms with Gasteiger partial charge in [0.2, 0.25) is 0 Å². The second-order valence-electron chi connectivity index (χ2n) is 7.05. The van der Waals surface area contributed by atoms with Gasteiger partial charge in [-0.3, -0.25) is 19.3 Å². The lowest BCUT2D eigenvalue weighted by Crippen LogP contribution is -2.37. The maximum absolute atomic E-state index is 12.7. The van der Waals surface area contributed by atoms with E-state index in [0.29, 0.717) is 10.5 Å². The van der Waals surface area contributed by atoms with E-state index in [0.717, 1.165) is 34.6 Å². The number of rotatable bonds is 7. The third-order valence-corrected chi connectivity index (χ3v) is 7.61. The summed E-state index contributed by atoms with van der Waals surface area (Å²) in [4.78, 5) is 41.3. The standard InChI is InChI=1S/C22H21N3O3S3/c1-14-11-18(15(2)25(14)13-17-6-4-10-30-17)20(26)23-7-8-24-21(27)19(31-22(24)28)12-16-5-3-9-29-16/h3-6,9-12H,7-8,13H2,1-2H3,(H,23,26)/b19-12+. The summed E-state index contributed by atoms with van der Waals surface area (Å²) in [6.07, 6.45) is 1.73. The summed E-state index contributed by atoms with van der Waals surface area (Å²) >= 11 is 4.13. The van der Waals surface area contributed by atoms with E-state index < -0.39 is 0 Å². The first kappa shape index (κ1) is 21.6. The number of thiophene rings is 2. The largest absolute Gasteiger partial charge is 0.350 e. The molecular formula is C22H21N3O3S3. The van der Waals surface area contributed by atoms with E-state index in [2.05, 4.69) is 16.0 Å². The van der Waals surface area contributed by atoms with Crippen molar-refractivity contribution in [3.05, 3.63) is 72.7 Å². The predicted octanol–water partition coefficient (Wildman–Crippen LogP) is 4.74. The zero-order valence-corrected chi connectivity index (χ0v) is 19.5. The van der Waals surface area contributed by atoms with Gasteiger partial charge in [0.05, 0.1) is 17.0 Å². The summed E-state index contributed by atoms with van der Waals surface area (Å²) in [6.45, 7) is 5.00. The van der Waals surface area contributed by atoms with Crippen molar-refractivity contribution in [3.8, 4) is 0 Å². The van der Waals surface area contributed by atoms with Gasteiger partial charge in [-0.15, -0.1) is 22.7 Å². The number of carbonyl (C=O) groups excluding carboxylic acids is 3. The van der Waals surface area contributed by atoms with E-state index in [1.54, 1.807) is 17.4 Å². The molecule has 4 heterocycles. The van der Waals surface area contributed by atoms with Gasteiger partial charge in [0.25, 0.3) is 17.1 Å². The highest BCUT2D eigenvalue weighted by Crippen LogP contribution is 2.32. The van der Waals surface area contributed by atoms with Crippen molar-refractivity contribution in [2.24, 2.45) is 0 Å². The molecule has 3 amide bonds. The minimum atomic E-state index is -0.313. The van der Waals surface area contributed by atoms with Crippen LogP contribution in [0.2, 0.25) is 0 Å². The lowest BCUT2D eigenvalue weighted by Gasteiger charge is -2.13. The molecule has 0 aliphatic carbocycles. The summed E-state index contributed by atoms with van der Waals surface area (Å²) in [5.74, 6) is -0.515. The Morgan fingerprint density at radius 2 is 1.90 bits per heavy atom. The van der Waals surface area contributed by atoms with E-state index in [1.165, 1.54) is 21.1 Å². The number of carbonyl (C=O) groups is 3. The first-order valence-corrected chi connectivity index (χ1v) is 12.3. The van der Waals surface area contributed by atoms with Crippen molar-refractivity contribution in [2.75, 3.05) is 13.1 Å². The van der Waals surface area contributed by atoms with Gasteiger partial charge in [0.1, 0.15) is 0 Å². The Kier molecular flexibility index (Phi) is 6.45. The van der Waals surface area contributed by atoms with Gasteiger partial charge < -0.3 is 9.88 Å². The summed E-state index contributed by atoms with van der Waals surface area (Å²) in [5.41, 5.74) is 2.52. The molecule has 0 bridgehead atoms. The Bertz CT molecular complexity index is 1140. The zero-order valence-electron chi connectivity index (χ0n) is 17.1. The third-order valence-electron chi connectivity index (χ3n) is 5.02. The molecule has 6 nitrogen and oxygen atoms in total. The fourth-order valence-corrected chi connectivity index (χ4v) is 5.69. The highest BCUT2D eigenvalue weighted by molar-refractivity contribution is 8.18. The lowest BCUT2D eigenvalue weighted by atomic mass is 10.2. The quantitative estimate of drug-likeness (QED) is 0.505. The number of thioether (sulfide) groups is 1. The Labute approximate surface area is 192 Å². The summed E-state index contributed by atoms with van der Waals surface area (Å²) in [5, 5.41) is 6.49. The van der Waals surface area contributed by atoms with Crippen molar-refractivity contribution in [1.29, 1.82) is 0 Å². The highest BCUT2D eigenvalue weighted by atomic mass is 32.2. The topological polar surface area (TPSA) is 71.4 Å². The molecule has 4 rings (SSSR count). The lowest BCUT2D eigenvalue weighted by molar-refractivity contribution is -0.122. The molecule has 1 fully saturated rings. The van der Waals surface area contributed by atoms with Crippen LogP contribution in [0.3, 0.4) is 0 Å². The third kappa shape index (κ3) is 4.68. The molecule has 0 atom stereocenters. The van der Waals surface area contributed by atoms with Gasteiger partial charge in [-0.1, -0.05) is 12.1 Å². The minimum Gasteiger partial charge on any atom is -0.350 e. The molecule has 0 radical (unpaired) electrons. The van der Waals surface area contributed by atoms with E-state index >= 15 is 0 Å². The Morgan fingerprint density at radius 1 is 1.13 bits per heavy atom. The number of nitrogens with zero attached hydrogens (tertiary/aromatic N) is 2. The predicted molar refractivity (Wildman–Crippen MR) is 127 cm³/mol. The fraction of sp³-hybridized carbons (Fsp3) is 0.227. The molecule has 3 aromatic heterocycles. The number of imide groups is 1. The van der Waals surface area contributed by atoms with E-state index in [9.17, 15) is 14.4 Å². The maximum atomic E-state index is 12.7. The Morgan fingerprint density at radius 3 is 2.61 bits per heavy atom. The van der Waals surface area contributed by atoms with E-state index in [-0.39, 0.29) is 30.1 Å². The van der Waals surface area contributed by atoms with Crippen LogP contribution in [-0.2, 0) is 11.3 Å². The number of aromatic nitrogens is 1. The number of amides is 3. The maximum Gasteiger partial charge on any atom is 0.293 e. The van der Waals surface area contributed by atoms with Crippen molar-refractivity contribution in [3.63, 3.8) is 0 Å². The summed E-state index contributed by atoms with van der Waals surface area (Å²) in [7, 11) is 0. The molecule has 0 spiro atoms. The number of aryl methyl sites for hydroxylation is 1. The van der Waals surface area contributed by atoms with Crippen LogP contribution in [0.4, 0.5) is 4.79 Å². The second-order valence-corrected chi connectivity index (χ2v) is 10.1. The summed E-state index contributed by atoms with van der Waals surface area (Å²) in [6, 6.07) is 9.76. The summed E-state index contributed by atoms with van der Waals surface area (Å²) < 4.78 is 2.12. The molecule has 1 saturated heterocycles. The zero-order chi connectivity index (χ0) is 22.0. The van der Waals surface area contributed by atoms with Crippen LogP contribution in [0.5, 0.6) is 0 Å². The Hall–Kier alpha value is -2.62. The van der Waals surface area contributed by atoms with Crippen LogP contribution in [0.15, 0.2) is 46.0 Å². The molecular weight excluding hydrogens is 450 g/mol. The van der Waals surface area contributed by atoms with Crippen LogP contribution in [0.25, 0.3) is 6.08 Å². The van der Waals surface area contributed by atoms with E-state index in [4.69, 9.17) is 0 Å². The molecule has 1 aliphatic heterocycles. The van der Waals surface area contributed by atoms with Gasteiger partial charge in [-0.2, -0.15) is 0 Å². The number of nitrogens with one attached hydrogen (secondary N) is 1. The molecule has 0 unspecified atom stereocenters. The Balaban J connectivity index is 1.36. The SMILES string of the molecule is Cc1cc(C(=O)NCCN2C(=O)S/C(=C/c3cccs3)C2=O)c(C)n1Cc1cccs1. The highest BCUT2D eigenvalue weighted by Gasteiger charge is 2.34. The average molecular weight is 472 g/mol. The monoisotopic (exact) mass is 471 g/mol. The van der Waals surface area contributed by atoms with Crippen molar-refractivity contribution >= 4 is 57.6 Å². The van der Waals surface area contributed by atoms with Crippen LogP contribution in [0, 0.1) is 13.8 Å². The minimum absolute atomic E-state index is 0.145. The van der Waals surface area contributed by atoms with E-state index in [1.807, 2.05) is 48.9 Å². The van der Waals surface area contributed by atoms with Gasteiger partial charge in [0.15, 0.2) is 0 Å². The first-order chi connectivity index (χ1) is 14.9. The van der Waals surface area contributed by atoms with Crippen molar-refractivity contribution < 1.29 is 14.4 Å². The van der Waals surface area contributed by atoms with Gasteiger partial charge in [-0.05, 0) is 60.6 Å². The van der Waals surface area contributed by atoms with Gasteiger partial charge in [0, 0.05) is 34.2 Å². The fourth-order valence-electron chi connectivity index (χ4n) is 3.40. The van der Waals surface area contributed by atoms with Crippen LogP contribution >= 0.6 is 34.4 Å². The van der Waals surface area contributed by atoms with Crippen LogP contribution in [-0.4, -0.2) is 39.6 Å².